The van der Waals surface area contributed by atoms with E-state index >= 15 is 0 Å². The molecule has 0 saturated heterocycles. The predicted octanol–water partition coefficient (Wildman–Crippen LogP) is 2.54. The summed E-state index contributed by atoms with van der Waals surface area (Å²) in [6.45, 7) is 5.43. The maximum Gasteiger partial charge on any atom is 0.294 e. The number of carbonyl (C=O) groups is 1. The number of hydrogen-bond acceptors (Lipinski definition) is 3. The third-order valence-electron chi connectivity index (χ3n) is 4.21. The Bertz CT molecular complexity index is 1070. The minimum atomic E-state index is -4.36. The molecule has 3 rings (SSSR count). The fourth-order valence-electron chi connectivity index (χ4n) is 2.94. The van der Waals surface area contributed by atoms with Crippen molar-refractivity contribution in [2.24, 2.45) is 0 Å². The number of rotatable bonds is 3. The summed E-state index contributed by atoms with van der Waals surface area (Å²) in [5.41, 5.74) is 4.01. The molecule has 0 radical (unpaired) electrons. The zero-order valence-corrected chi connectivity index (χ0v) is 14.9. The second-order valence-corrected chi connectivity index (χ2v) is 7.53. The van der Waals surface area contributed by atoms with Crippen LogP contribution in [-0.2, 0) is 21.3 Å². The van der Waals surface area contributed by atoms with E-state index in [2.05, 4.69) is 23.7 Å². The fraction of sp³-hybridized carbons (Fsp3) is 0.150. The zero-order chi connectivity index (χ0) is 18.9. The highest BCUT2D eigenvalue weighted by Gasteiger charge is 2.22. The number of fused-ring (bicyclic) bond motifs is 2. The van der Waals surface area contributed by atoms with Gasteiger partial charge >= 0.3 is 0 Å². The molecule has 0 saturated carbocycles. The smallest absolute Gasteiger partial charge is 0.294 e. The van der Waals surface area contributed by atoms with E-state index in [1.54, 1.807) is 0 Å². The average molecular weight is 367 g/mol. The van der Waals surface area contributed by atoms with Crippen molar-refractivity contribution in [3.63, 3.8) is 0 Å². The van der Waals surface area contributed by atoms with Crippen LogP contribution in [0.4, 0.5) is 0 Å². The summed E-state index contributed by atoms with van der Waals surface area (Å²) < 4.78 is 32.4. The normalized spacial score (nSPS) is 15.4. The Morgan fingerprint density at radius 3 is 2.62 bits per heavy atom. The van der Waals surface area contributed by atoms with Gasteiger partial charge < -0.3 is 5.32 Å². The van der Waals surface area contributed by atoms with Gasteiger partial charge in [0.2, 0.25) is 5.91 Å². The molecule has 0 fully saturated rings. The number of carbonyl (C=O) groups excluding carboxylic acids is 1. The van der Waals surface area contributed by atoms with Gasteiger partial charge in [-0.05, 0) is 54.8 Å². The molecule has 0 aromatic heterocycles. The lowest BCUT2D eigenvalue weighted by Crippen LogP contribution is -2.29. The third kappa shape index (κ3) is 3.69. The molecule has 1 aliphatic rings. The SMILES string of the molecule is C=CC(=O)NC1Cc2cc(C)ccc2C#Cc2ccc(S(=O)(=O)O)cc21. The van der Waals surface area contributed by atoms with Gasteiger partial charge in [0.1, 0.15) is 0 Å². The molecule has 0 bridgehead atoms. The van der Waals surface area contributed by atoms with Crippen molar-refractivity contribution in [2.75, 3.05) is 0 Å². The molecule has 1 aliphatic carbocycles. The van der Waals surface area contributed by atoms with E-state index in [-0.39, 0.29) is 10.8 Å². The molecule has 1 atom stereocenters. The summed E-state index contributed by atoms with van der Waals surface area (Å²) in [5, 5.41) is 2.83. The van der Waals surface area contributed by atoms with Crippen LogP contribution < -0.4 is 5.32 Å². The fourth-order valence-corrected chi connectivity index (χ4v) is 3.46. The minimum absolute atomic E-state index is 0.235. The minimum Gasteiger partial charge on any atom is -0.345 e. The molecular formula is C20H17NO4S. The van der Waals surface area contributed by atoms with E-state index < -0.39 is 16.2 Å². The van der Waals surface area contributed by atoms with Gasteiger partial charge in [-0.25, -0.2) is 0 Å². The second-order valence-electron chi connectivity index (χ2n) is 6.10. The molecule has 0 spiro atoms. The number of nitrogens with one attached hydrogen (secondary N) is 1. The van der Waals surface area contributed by atoms with Gasteiger partial charge in [0.25, 0.3) is 10.1 Å². The molecule has 2 aromatic carbocycles. The maximum atomic E-state index is 11.9. The standard InChI is InChI=1S/C20H17NO4S/c1-3-20(22)21-19-11-16-10-13(2)4-5-14(16)6-7-15-8-9-17(12-18(15)19)26(23,24)25/h3-5,8-10,12,19H,1,11H2,2H3,(H,21,22)(H,23,24,25). The molecule has 0 aliphatic heterocycles. The molecule has 132 valence electrons. The van der Waals surface area contributed by atoms with Crippen LogP contribution in [0.15, 0.2) is 53.9 Å². The first-order chi connectivity index (χ1) is 12.3. The first-order valence-corrected chi connectivity index (χ1v) is 9.38. The third-order valence-corrected chi connectivity index (χ3v) is 5.06. The van der Waals surface area contributed by atoms with Gasteiger partial charge in [-0.2, -0.15) is 8.42 Å². The van der Waals surface area contributed by atoms with Crippen LogP contribution >= 0.6 is 0 Å². The van der Waals surface area contributed by atoms with Crippen LogP contribution in [0.25, 0.3) is 0 Å². The van der Waals surface area contributed by atoms with E-state index in [0.29, 0.717) is 17.5 Å². The lowest BCUT2D eigenvalue weighted by Gasteiger charge is -2.23. The summed E-state index contributed by atoms with van der Waals surface area (Å²) >= 11 is 0. The molecule has 6 heteroatoms. The van der Waals surface area contributed by atoms with E-state index in [0.717, 1.165) is 22.8 Å². The first kappa shape index (κ1) is 17.9. The summed E-state index contributed by atoms with van der Waals surface area (Å²) in [7, 11) is -4.36. The lowest BCUT2D eigenvalue weighted by atomic mass is 9.90. The molecule has 26 heavy (non-hydrogen) atoms. The van der Waals surface area contributed by atoms with Crippen LogP contribution in [-0.4, -0.2) is 18.9 Å². The molecule has 0 heterocycles. The summed E-state index contributed by atoms with van der Waals surface area (Å²) in [5.74, 6) is 5.76. The summed E-state index contributed by atoms with van der Waals surface area (Å²) in [6, 6.07) is 9.58. The highest BCUT2D eigenvalue weighted by molar-refractivity contribution is 7.85. The Kier molecular flexibility index (Phi) is 4.68. The van der Waals surface area contributed by atoms with Crippen molar-refractivity contribution >= 4 is 16.0 Å². The zero-order valence-electron chi connectivity index (χ0n) is 14.1. The average Bonchev–Trinajstić information content (AvgIpc) is 2.58. The Hall–Kier alpha value is -2.88. The van der Waals surface area contributed by atoms with Crippen LogP contribution in [0.2, 0.25) is 0 Å². The number of hydrogen-bond donors (Lipinski definition) is 2. The monoisotopic (exact) mass is 367 g/mol. The van der Waals surface area contributed by atoms with Crippen molar-refractivity contribution < 1.29 is 17.8 Å². The summed E-state index contributed by atoms with van der Waals surface area (Å²) in [4.78, 5) is 11.7. The second kappa shape index (κ2) is 6.79. The number of amides is 1. The van der Waals surface area contributed by atoms with Gasteiger partial charge in [0.05, 0.1) is 10.9 Å². The van der Waals surface area contributed by atoms with Gasteiger partial charge in [-0.1, -0.05) is 36.1 Å². The maximum absolute atomic E-state index is 11.9. The number of aryl methyl sites for hydroxylation is 1. The Balaban J connectivity index is 2.21. The van der Waals surface area contributed by atoms with Crippen molar-refractivity contribution in [3.05, 3.63) is 76.9 Å². The molecular weight excluding hydrogens is 350 g/mol. The van der Waals surface area contributed by atoms with Crippen molar-refractivity contribution in [2.45, 2.75) is 24.3 Å². The van der Waals surface area contributed by atoms with E-state index in [1.807, 2.05) is 25.1 Å². The van der Waals surface area contributed by atoms with Crippen LogP contribution in [0, 0.1) is 18.8 Å². The van der Waals surface area contributed by atoms with Crippen LogP contribution in [0.1, 0.15) is 33.9 Å². The van der Waals surface area contributed by atoms with Crippen LogP contribution in [0.5, 0.6) is 0 Å². The van der Waals surface area contributed by atoms with E-state index in [9.17, 15) is 17.8 Å². The molecule has 1 amide bonds. The van der Waals surface area contributed by atoms with Gasteiger partial charge in [-0.15, -0.1) is 0 Å². The Morgan fingerprint density at radius 1 is 1.23 bits per heavy atom. The summed E-state index contributed by atoms with van der Waals surface area (Å²) in [6.07, 6.45) is 1.60. The van der Waals surface area contributed by atoms with Crippen molar-refractivity contribution in [3.8, 4) is 11.8 Å². The molecule has 2 aromatic rings. The molecule has 5 nitrogen and oxygen atoms in total. The largest absolute Gasteiger partial charge is 0.345 e. The highest BCUT2D eigenvalue weighted by Crippen LogP contribution is 2.28. The van der Waals surface area contributed by atoms with Crippen LogP contribution in [0.3, 0.4) is 0 Å². The van der Waals surface area contributed by atoms with E-state index in [1.165, 1.54) is 18.2 Å². The quantitative estimate of drug-likeness (QED) is 0.496. The molecule has 2 N–H and O–H groups in total. The van der Waals surface area contributed by atoms with Gasteiger partial charge in [-0.3, -0.25) is 9.35 Å². The van der Waals surface area contributed by atoms with Gasteiger partial charge in [0, 0.05) is 11.1 Å². The number of benzene rings is 2. The highest BCUT2D eigenvalue weighted by atomic mass is 32.2. The first-order valence-electron chi connectivity index (χ1n) is 7.94. The van der Waals surface area contributed by atoms with Crippen molar-refractivity contribution in [1.29, 1.82) is 0 Å². The van der Waals surface area contributed by atoms with Crippen molar-refractivity contribution in [1.82, 2.24) is 5.32 Å². The van der Waals surface area contributed by atoms with Gasteiger partial charge in [0.15, 0.2) is 0 Å². The Labute approximate surface area is 152 Å². The topological polar surface area (TPSA) is 83.5 Å². The Morgan fingerprint density at radius 2 is 1.92 bits per heavy atom. The predicted molar refractivity (Wildman–Crippen MR) is 98.2 cm³/mol. The van der Waals surface area contributed by atoms with E-state index in [4.69, 9.17) is 0 Å². The molecule has 1 unspecified atom stereocenters. The lowest BCUT2D eigenvalue weighted by molar-refractivity contribution is -0.117.